The summed E-state index contributed by atoms with van der Waals surface area (Å²) in [6, 6.07) is 18.2. The van der Waals surface area contributed by atoms with Gasteiger partial charge >= 0.3 is 5.97 Å². The maximum atomic E-state index is 11.3. The standard InChI is InChI=1S/C25H21Cl2NO3/c1-15-6-4-7-20(26)18(15)14-19-23-21(27)8-5-9-22(23)28(25(19,2)31-3)17-12-10-16(11-13-17)24(29)30/h4-14H,1-3H3,(H,29,30)/b19-14-. The monoisotopic (exact) mass is 453 g/mol. The van der Waals surface area contributed by atoms with E-state index in [-0.39, 0.29) is 5.56 Å². The first-order valence-corrected chi connectivity index (χ1v) is 10.5. The van der Waals surface area contributed by atoms with Crippen LogP contribution in [-0.2, 0) is 4.74 Å². The minimum Gasteiger partial charge on any atom is -0.478 e. The molecule has 1 N–H and O–H groups in total. The number of fused-ring (bicyclic) bond motifs is 1. The van der Waals surface area contributed by atoms with Crippen LogP contribution in [0.5, 0.6) is 0 Å². The number of ether oxygens (including phenoxy) is 1. The third kappa shape index (κ3) is 3.51. The Kier molecular flexibility index (Phi) is 5.56. The van der Waals surface area contributed by atoms with Gasteiger partial charge in [-0.3, -0.25) is 0 Å². The Bertz CT molecular complexity index is 1180. The molecule has 3 aromatic rings. The van der Waals surface area contributed by atoms with Crippen molar-refractivity contribution in [3.05, 3.63) is 93.0 Å². The van der Waals surface area contributed by atoms with E-state index in [1.54, 1.807) is 31.4 Å². The minimum atomic E-state index is -0.972. The van der Waals surface area contributed by atoms with Crippen molar-refractivity contribution >= 4 is 52.2 Å². The number of carbonyl (C=O) groups is 1. The number of aryl methyl sites for hydroxylation is 1. The summed E-state index contributed by atoms with van der Waals surface area (Å²) in [5.74, 6) is -0.972. The highest BCUT2D eigenvalue weighted by Crippen LogP contribution is 2.54. The Hall–Kier alpha value is -2.79. The van der Waals surface area contributed by atoms with Crippen LogP contribution in [0.25, 0.3) is 11.6 Å². The number of halogens is 2. The van der Waals surface area contributed by atoms with Gasteiger partial charge in [0.15, 0.2) is 5.72 Å². The first-order valence-electron chi connectivity index (χ1n) is 9.73. The van der Waals surface area contributed by atoms with Gasteiger partial charge < -0.3 is 14.7 Å². The summed E-state index contributed by atoms with van der Waals surface area (Å²) in [6.45, 7) is 3.97. The van der Waals surface area contributed by atoms with Crippen LogP contribution in [0.15, 0.2) is 60.7 Å². The lowest BCUT2D eigenvalue weighted by Gasteiger charge is -2.37. The number of hydrogen-bond acceptors (Lipinski definition) is 3. The summed E-state index contributed by atoms with van der Waals surface area (Å²) in [6.07, 6.45) is 2.03. The van der Waals surface area contributed by atoms with Gasteiger partial charge in [0, 0.05) is 29.0 Å². The molecule has 1 aliphatic heterocycles. The third-order valence-corrected chi connectivity index (χ3v) is 6.40. The molecule has 0 saturated carbocycles. The number of carboxylic acids is 1. The van der Waals surface area contributed by atoms with Gasteiger partial charge in [-0.2, -0.15) is 0 Å². The van der Waals surface area contributed by atoms with Crippen LogP contribution in [0.4, 0.5) is 11.4 Å². The molecule has 158 valence electrons. The number of aromatic carboxylic acids is 1. The summed E-state index contributed by atoms with van der Waals surface area (Å²) >= 11 is 13.2. The van der Waals surface area contributed by atoms with Gasteiger partial charge in [0.1, 0.15) is 0 Å². The van der Waals surface area contributed by atoms with Crippen molar-refractivity contribution in [3.8, 4) is 0 Å². The maximum absolute atomic E-state index is 11.3. The normalized spacial score (nSPS) is 19.0. The Labute approximate surface area is 191 Å². The van der Waals surface area contributed by atoms with Gasteiger partial charge in [-0.1, -0.05) is 41.4 Å². The summed E-state index contributed by atoms with van der Waals surface area (Å²) in [5.41, 5.74) is 4.64. The topological polar surface area (TPSA) is 49.8 Å². The van der Waals surface area contributed by atoms with Gasteiger partial charge in [0.25, 0.3) is 0 Å². The van der Waals surface area contributed by atoms with E-state index in [0.29, 0.717) is 10.0 Å². The average molecular weight is 454 g/mol. The fraction of sp³-hybridized carbons (Fsp3) is 0.160. The van der Waals surface area contributed by atoms with Crippen molar-refractivity contribution < 1.29 is 14.6 Å². The van der Waals surface area contributed by atoms with Gasteiger partial charge in [-0.25, -0.2) is 4.79 Å². The van der Waals surface area contributed by atoms with Crippen LogP contribution in [0.3, 0.4) is 0 Å². The Morgan fingerprint density at radius 3 is 2.29 bits per heavy atom. The highest BCUT2D eigenvalue weighted by atomic mass is 35.5. The quantitative estimate of drug-likeness (QED) is 0.459. The van der Waals surface area contributed by atoms with Crippen molar-refractivity contribution in [2.45, 2.75) is 19.6 Å². The van der Waals surface area contributed by atoms with Crippen LogP contribution in [-0.4, -0.2) is 23.9 Å². The Morgan fingerprint density at radius 1 is 1.03 bits per heavy atom. The Morgan fingerprint density at radius 2 is 1.68 bits per heavy atom. The lowest BCUT2D eigenvalue weighted by Crippen LogP contribution is -2.42. The summed E-state index contributed by atoms with van der Waals surface area (Å²) in [5, 5.41) is 10.5. The third-order valence-electron chi connectivity index (χ3n) is 5.76. The molecule has 31 heavy (non-hydrogen) atoms. The van der Waals surface area contributed by atoms with E-state index in [9.17, 15) is 9.90 Å². The molecular formula is C25H21Cl2NO3. The number of benzene rings is 3. The van der Waals surface area contributed by atoms with Crippen molar-refractivity contribution in [1.29, 1.82) is 0 Å². The number of methoxy groups -OCH3 is 1. The molecule has 0 spiro atoms. The molecule has 6 heteroatoms. The molecule has 0 aromatic heterocycles. The van der Waals surface area contributed by atoms with Crippen LogP contribution in [0, 0.1) is 6.92 Å². The van der Waals surface area contributed by atoms with Crippen LogP contribution >= 0.6 is 23.2 Å². The average Bonchev–Trinajstić information content (AvgIpc) is 3.00. The predicted octanol–water partition coefficient (Wildman–Crippen LogP) is 7.05. The van der Waals surface area contributed by atoms with E-state index < -0.39 is 11.7 Å². The molecule has 4 rings (SSSR count). The molecule has 1 aliphatic rings. The van der Waals surface area contributed by atoms with E-state index in [4.69, 9.17) is 27.9 Å². The van der Waals surface area contributed by atoms with E-state index in [0.717, 1.165) is 33.6 Å². The highest BCUT2D eigenvalue weighted by Gasteiger charge is 2.46. The number of rotatable bonds is 4. The first kappa shape index (κ1) is 21.4. The Balaban J connectivity index is 1.98. The largest absolute Gasteiger partial charge is 0.478 e. The molecule has 0 fully saturated rings. The van der Waals surface area contributed by atoms with Crippen molar-refractivity contribution in [2.24, 2.45) is 0 Å². The van der Waals surface area contributed by atoms with Crippen LogP contribution in [0.1, 0.15) is 34.0 Å². The summed E-state index contributed by atoms with van der Waals surface area (Å²) in [4.78, 5) is 13.3. The zero-order chi connectivity index (χ0) is 22.3. The fourth-order valence-corrected chi connectivity index (χ4v) is 4.61. The maximum Gasteiger partial charge on any atom is 0.335 e. The van der Waals surface area contributed by atoms with E-state index in [1.165, 1.54) is 0 Å². The van der Waals surface area contributed by atoms with Crippen molar-refractivity contribution in [3.63, 3.8) is 0 Å². The predicted molar refractivity (Wildman–Crippen MR) is 126 cm³/mol. The van der Waals surface area contributed by atoms with Crippen LogP contribution < -0.4 is 4.90 Å². The molecule has 0 radical (unpaired) electrons. The lowest BCUT2D eigenvalue weighted by molar-refractivity contribution is 0.0681. The van der Waals surface area contributed by atoms with E-state index in [2.05, 4.69) is 0 Å². The highest BCUT2D eigenvalue weighted by molar-refractivity contribution is 6.34. The second kappa shape index (κ2) is 8.04. The zero-order valence-electron chi connectivity index (χ0n) is 17.3. The molecule has 0 amide bonds. The molecule has 1 heterocycles. The van der Waals surface area contributed by atoms with Crippen LogP contribution in [0.2, 0.25) is 10.0 Å². The van der Waals surface area contributed by atoms with E-state index >= 15 is 0 Å². The number of nitrogens with zero attached hydrogens (tertiary/aromatic N) is 1. The SMILES string of the molecule is COC1(C)/C(=C\c2c(C)cccc2Cl)c2c(Cl)cccc2N1c1ccc(C(=O)O)cc1. The zero-order valence-corrected chi connectivity index (χ0v) is 18.8. The molecule has 0 bridgehead atoms. The molecule has 0 aliphatic carbocycles. The molecule has 1 atom stereocenters. The van der Waals surface area contributed by atoms with Gasteiger partial charge in [0.2, 0.25) is 0 Å². The molecule has 0 saturated heterocycles. The first-order chi connectivity index (χ1) is 14.8. The summed E-state index contributed by atoms with van der Waals surface area (Å²) in [7, 11) is 1.64. The van der Waals surface area contributed by atoms with E-state index in [1.807, 2.05) is 61.2 Å². The van der Waals surface area contributed by atoms with Crippen molar-refractivity contribution in [2.75, 3.05) is 12.0 Å². The van der Waals surface area contributed by atoms with Gasteiger partial charge in [-0.15, -0.1) is 0 Å². The summed E-state index contributed by atoms with van der Waals surface area (Å²) < 4.78 is 6.09. The second-order valence-corrected chi connectivity index (χ2v) is 8.35. The number of hydrogen-bond donors (Lipinski definition) is 1. The number of carboxylic acid groups (broad SMARTS) is 1. The van der Waals surface area contributed by atoms with Gasteiger partial charge in [0.05, 0.1) is 16.3 Å². The second-order valence-electron chi connectivity index (χ2n) is 7.54. The van der Waals surface area contributed by atoms with Crippen molar-refractivity contribution in [1.82, 2.24) is 0 Å². The van der Waals surface area contributed by atoms with Gasteiger partial charge in [-0.05, 0) is 73.5 Å². The minimum absolute atomic E-state index is 0.218. The lowest BCUT2D eigenvalue weighted by atomic mass is 9.95. The number of anilines is 2. The fourth-order valence-electron chi connectivity index (χ4n) is 4.07. The smallest absolute Gasteiger partial charge is 0.335 e. The molecular weight excluding hydrogens is 433 g/mol. The molecule has 1 unspecified atom stereocenters. The molecule has 4 nitrogen and oxygen atoms in total. The molecule has 3 aromatic carbocycles.